The Morgan fingerprint density at radius 2 is 1.88 bits per heavy atom. The van der Waals surface area contributed by atoms with Crippen molar-refractivity contribution in [1.82, 2.24) is 0 Å². The lowest BCUT2D eigenvalue weighted by atomic mass is 9.66. The summed E-state index contributed by atoms with van der Waals surface area (Å²) in [5.74, 6) is 3.20. The van der Waals surface area contributed by atoms with Gasteiger partial charge in [0.1, 0.15) is 11.4 Å². The molecule has 0 aromatic heterocycles. The molecular formula is C23H34O3. The molecule has 1 N–H and O–H groups in total. The number of phenols is 1. The molecule has 4 unspecified atom stereocenters. The highest BCUT2D eigenvalue weighted by Gasteiger charge is 2.44. The van der Waals surface area contributed by atoms with E-state index >= 15 is 0 Å². The van der Waals surface area contributed by atoms with E-state index in [9.17, 15) is 5.11 Å². The predicted molar refractivity (Wildman–Crippen MR) is 103 cm³/mol. The molecular weight excluding hydrogens is 324 g/mol. The Hall–Kier alpha value is -1.06. The van der Waals surface area contributed by atoms with Crippen molar-refractivity contribution >= 4 is 0 Å². The molecule has 1 aromatic carbocycles. The summed E-state index contributed by atoms with van der Waals surface area (Å²) in [6, 6.07) is 7.80. The van der Waals surface area contributed by atoms with Crippen molar-refractivity contribution in [3.05, 3.63) is 29.8 Å². The molecule has 1 spiro atoms. The minimum absolute atomic E-state index is 0.154. The number of hydrogen-bond acceptors (Lipinski definition) is 3. The molecule has 144 valence electrons. The molecule has 3 heteroatoms. The van der Waals surface area contributed by atoms with Crippen molar-refractivity contribution in [2.45, 2.75) is 89.3 Å². The molecule has 1 aliphatic heterocycles. The van der Waals surface area contributed by atoms with E-state index in [-0.39, 0.29) is 11.7 Å². The average molecular weight is 359 g/mol. The molecule has 3 fully saturated rings. The Morgan fingerprint density at radius 1 is 1.04 bits per heavy atom. The van der Waals surface area contributed by atoms with Crippen LogP contribution in [0.5, 0.6) is 5.75 Å². The Morgan fingerprint density at radius 3 is 2.73 bits per heavy atom. The molecule has 26 heavy (non-hydrogen) atoms. The summed E-state index contributed by atoms with van der Waals surface area (Å²) in [7, 11) is 0. The van der Waals surface area contributed by atoms with E-state index in [4.69, 9.17) is 9.78 Å². The third-order valence-corrected chi connectivity index (χ3v) is 7.00. The number of phenolic OH excluding ortho intramolecular Hbond substituents is 1. The van der Waals surface area contributed by atoms with Crippen LogP contribution in [0.1, 0.15) is 83.1 Å². The van der Waals surface area contributed by atoms with Crippen molar-refractivity contribution in [1.29, 1.82) is 0 Å². The summed E-state index contributed by atoms with van der Waals surface area (Å²) in [6.45, 7) is 4.59. The van der Waals surface area contributed by atoms with Crippen molar-refractivity contribution in [3.8, 4) is 5.75 Å². The van der Waals surface area contributed by atoms with Crippen molar-refractivity contribution < 1.29 is 14.9 Å². The number of benzene rings is 1. The fraction of sp³-hybridized carbons (Fsp3) is 0.739. The van der Waals surface area contributed by atoms with Gasteiger partial charge in [-0.15, -0.1) is 0 Å². The van der Waals surface area contributed by atoms with E-state index in [0.29, 0.717) is 11.7 Å². The van der Waals surface area contributed by atoms with Crippen molar-refractivity contribution in [3.63, 3.8) is 0 Å². The zero-order valence-electron chi connectivity index (χ0n) is 16.3. The van der Waals surface area contributed by atoms with Gasteiger partial charge in [0.05, 0.1) is 6.10 Å². The predicted octanol–water partition coefficient (Wildman–Crippen LogP) is 5.97. The second-order valence-electron chi connectivity index (χ2n) is 9.55. The molecule has 0 radical (unpaired) electrons. The van der Waals surface area contributed by atoms with E-state index in [0.717, 1.165) is 43.4 Å². The summed E-state index contributed by atoms with van der Waals surface area (Å²) in [4.78, 5) is 12.2. The van der Waals surface area contributed by atoms with E-state index in [2.05, 4.69) is 19.9 Å². The summed E-state index contributed by atoms with van der Waals surface area (Å²) < 4.78 is 0. The van der Waals surface area contributed by atoms with Crippen LogP contribution in [0.2, 0.25) is 0 Å². The lowest BCUT2D eigenvalue weighted by Crippen LogP contribution is -2.40. The Balaban J connectivity index is 1.56. The van der Waals surface area contributed by atoms with Crippen LogP contribution in [0.3, 0.4) is 0 Å². The lowest BCUT2D eigenvalue weighted by molar-refractivity contribution is -0.390. The summed E-state index contributed by atoms with van der Waals surface area (Å²) in [5.41, 5.74) is 1.09. The van der Waals surface area contributed by atoms with Crippen molar-refractivity contribution in [2.24, 2.45) is 17.8 Å². The van der Waals surface area contributed by atoms with Gasteiger partial charge in [-0.25, -0.2) is 9.78 Å². The molecule has 1 saturated heterocycles. The summed E-state index contributed by atoms with van der Waals surface area (Å²) in [5, 5.41) is 9.89. The Labute approximate surface area is 158 Å². The number of aromatic hydroxyl groups is 1. The highest BCUT2D eigenvalue weighted by Crippen LogP contribution is 2.49. The topological polar surface area (TPSA) is 38.7 Å². The first-order chi connectivity index (χ1) is 12.5. The fourth-order valence-corrected chi connectivity index (χ4v) is 6.16. The molecule has 6 atom stereocenters. The van der Waals surface area contributed by atoms with Gasteiger partial charge in [-0.2, -0.15) is 0 Å². The van der Waals surface area contributed by atoms with E-state index < -0.39 is 0 Å². The maximum atomic E-state index is 9.89. The molecule has 1 heterocycles. The monoisotopic (exact) mass is 358 g/mol. The van der Waals surface area contributed by atoms with Gasteiger partial charge in [0.15, 0.2) is 0 Å². The van der Waals surface area contributed by atoms with Gasteiger partial charge < -0.3 is 5.11 Å². The number of rotatable bonds is 1. The first-order valence-corrected chi connectivity index (χ1v) is 10.6. The van der Waals surface area contributed by atoms with Crippen LogP contribution in [0, 0.1) is 17.8 Å². The molecule has 4 rings (SSSR count). The van der Waals surface area contributed by atoms with Gasteiger partial charge in [0, 0.05) is 0 Å². The van der Waals surface area contributed by atoms with Crippen LogP contribution >= 0.6 is 0 Å². The van der Waals surface area contributed by atoms with Crippen LogP contribution < -0.4 is 0 Å². The fourth-order valence-electron chi connectivity index (χ4n) is 6.16. The average Bonchev–Trinajstić information content (AvgIpc) is 2.63. The third kappa shape index (κ3) is 4.09. The lowest BCUT2D eigenvalue weighted by Gasteiger charge is -2.43. The van der Waals surface area contributed by atoms with Crippen LogP contribution in [-0.2, 0) is 9.78 Å². The first kappa shape index (κ1) is 18.3. The maximum absolute atomic E-state index is 9.89. The third-order valence-electron chi connectivity index (χ3n) is 7.00. The van der Waals surface area contributed by atoms with Gasteiger partial charge in [-0.05, 0) is 106 Å². The highest BCUT2D eigenvalue weighted by atomic mass is 17.2. The summed E-state index contributed by atoms with van der Waals surface area (Å²) >= 11 is 0. The normalized spacial score (nSPS) is 41.2. The van der Waals surface area contributed by atoms with Gasteiger partial charge in [-0.3, -0.25) is 0 Å². The second kappa shape index (κ2) is 7.52. The van der Waals surface area contributed by atoms with E-state index in [1.54, 1.807) is 6.07 Å². The Bertz CT molecular complexity index is 615. The molecule has 3 aliphatic rings. The van der Waals surface area contributed by atoms with Gasteiger partial charge in [-0.1, -0.05) is 19.1 Å². The van der Waals surface area contributed by atoms with Crippen LogP contribution in [0.4, 0.5) is 0 Å². The second-order valence-corrected chi connectivity index (χ2v) is 9.55. The zero-order valence-corrected chi connectivity index (χ0v) is 16.3. The van der Waals surface area contributed by atoms with Crippen LogP contribution in [-0.4, -0.2) is 16.8 Å². The molecule has 2 saturated carbocycles. The molecule has 2 aliphatic carbocycles. The maximum Gasteiger partial charge on any atom is 0.115 e. The Kier molecular flexibility index (Phi) is 5.29. The van der Waals surface area contributed by atoms with E-state index in [1.165, 1.54) is 37.7 Å². The van der Waals surface area contributed by atoms with Crippen LogP contribution in [0.15, 0.2) is 24.3 Å². The number of fused-ring (bicyclic) bond motifs is 2. The molecule has 0 amide bonds. The van der Waals surface area contributed by atoms with Crippen molar-refractivity contribution in [2.75, 3.05) is 0 Å². The zero-order chi connectivity index (χ0) is 18.1. The van der Waals surface area contributed by atoms with Gasteiger partial charge >= 0.3 is 0 Å². The standard InChI is InChI=1S/C23H34O3/c1-16-9-18-11-17(2)25-26-23(14-19(10-16)12-18)8-4-6-21(15-23)20-5-3-7-22(24)13-20/h3,5,7,13,16-19,21,24H,4,6,8-12,14-15H2,1-2H3/t16?,17?,18?,19?,21-,23+/m1/s1. The highest BCUT2D eigenvalue weighted by molar-refractivity contribution is 5.30. The minimum Gasteiger partial charge on any atom is -0.508 e. The van der Waals surface area contributed by atoms with Gasteiger partial charge in [0.2, 0.25) is 0 Å². The SMILES string of the molecule is CC1CC2CC(C1)C[C@]1(CCC[C@@H](c3cccc(O)c3)C1)OOC(C)C2. The summed E-state index contributed by atoms with van der Waals surface area (Å²) in [6.07, 6.45) is 10.9. The van der Waals surface area contributed by atoms with Gasteiger partial charge in [0.25, 0.3) is 0 Å². The van der Waals surface area contributed by atoms with E-state index in [1.807, 2.05) is 12.1 Å². The number of hydrogen-bond donors (Lipinski definition) is 1. The minimum atomic E-state index is -0.154. The quantitative estimate of drug-likeness (QED) is 0.628. The smallest absolute Gasteiger partial charge is 0.115 e. The molecule has 1 aromatic rings. The largest absolute Gasteiger partial charge is 0.508 e. The first-order valence-electron chi connectivity index (χ1n) is 10.6. The van der Waals surface area contributed by atoms with Crippen LogP contribution in [0.25, 0.3) is 0 Å². The molecule has 2 bridgehead atoms. The molecule has 3 nitrogen and oxygen atoms in total.